The first-order chi connectivity index (χ1) is 34.2. The Morgan fingerprint density at radius 1 is 0.699 bits per heavy atom. The van der Waals surface area contributed by atoms with Gasteiger partial charge in [-0.3, -0.25) is 4.79 Å². The second-order valence-electron chi connectivity index (χ2n) is 14.5. The van der Waals surface area contributed by atoms with Crippen LogP contribution in [0.2, 0.25) is 0 Å². The summed E-state index contributed by atoms with van der Waals surface area (Å²) in [7, 11) is 6.16. The molecule has 0 amide bonds. The van der Waals surface area contributed by atoms with Gasteiger partial charge in [0.15, 0.2) is 11.5 Å². The Kier molecular flexibility index (Phi) is 30.0. The number of esters is 2. The predicted octanol–water partition coefficient (Wildman–Crippen LogP) is 7.15. The zero-order valence-corrected chi connectivity index (χ0v) is 45.3. The van der Waals surface area contributed by atoms with E-state index in [1.54, 1.807) is 108 Å². The van der Waals surface area contributed by atoms with Gasteiger partial charge in [-0.1, -0.05) is 75.6 Å². The standard InChI is InChI=1S/C14H15NO4.C12H11NO4.C10H17NO2.C8H8ClNO2.C8H8O2.Na.H2O/c1-4-18-14(16)12-9(2)19-15-13(12)10-7-5-6-8-11(10)17-3;1-7-10(12(14)15)11(13-17-7)8-5-3-4-6-9(8)16-2;1-3-13-10(12)8-9(2)11-6-4-5-7-11;1-12-7-5-3-2-4-6(7)8(9)10-11;1-10-8-5-3-2-4-7(8)6-9;;/h5-8H,4H2,1-3H3;3-6H,1-2H3,(H,14,15);8H,3-7H2,1-2H3;2-5,11H,1H3;2-6H,1H3;;1H2/q;;;;;+1;/p-1/b;;9-8+;10-8-;;;. The van der Waals surface area contributed by atoms with Gasteiger partial charge >= 0.3 is 47.5 Å². The molecule has 7 rings (SSSR count). The van der Waals surface area contributed by atoms with E-state index in [-0.39, 0.29) is 63.2 Å². The van der Waals surface area contributed by atoms with E-state index in [0.717, 1.165) is 25.1 Å². The molecule has 0 aliphatic carbocycles. The van der Waals surface area contributed by atoms with E-state index in [0.29, 0.717) is 75.5 Å². The Bertz CT molecular complexity index is 2720. The molecule has 0 unspecified atom stereocenters. The Hall–Kier alpha value is -7.16. The van der Waals surface area contributed by atoms with Gasteiger partial charge in [-0.15, -0.1) is 0 Å². The van der Waals surface area contributed by atoms with Crippen LogP contribution in [0.4, 0.5) is 0 Å². The summed E-state index contributed by atoms with van der Waals surface area (Å²) in [4.78, 5) is 46.7. The van der Waals surface area contributed by atoms with Crippen molar-refractivity contribution in [3.8, 4) is 45.5 Å². The van der Waals surface area contributed by atoms with Gasteiger partial charge in [0.05, 0.1) is 52.8 Å². The maximum Gasteiger partial charge on any atom is 1.00 e. The molecule has 0 bridgehead atoms. The summed E-state index contributed by atoms with van der Waals surface area (Å²) >= 11 is 5.59. The molecule has 0 saturated carbocycles. The Morgan fingerprint density at radius 2 is 1.14 bits per heavy atom. The van der Waals surface area contributed by atoms with Crippen LogP contribution in [0.1, 0.15) is 81.8 Å². The van der Waals surface area contributed by atoms with Crippen molar-refractivity contribution in [2.45, 2.75) is 47.5 Å². The summed E-state index contributed by atoms with van der Waals surface area (Å²) < 4.78 is 40.2. The summed E-state index contributed by atoms with van der Waals surface area (Å²) in [6.45, 7) is 11.7. The molecule has 1 aliphatic heterocycles. The molecule has 0 radical (unpaired) electrons. The molecule has 1 saturated heterocycles. The number of nitrogens with zero attached hydrogens (tertiary/aromatic N) is 4. The summed E-state index contributed by atoms with van der Waals surface area (Å²) in [5, 5.41) is 28.1. The van der Waals surface area contributed by atoms with Crippen molar-refractivity contribution in [3.05, 3.63) is 143 Å². The maximum atomic E-state index is 12.0. The van der Waals surface area contributed by atoms with Crippen molar-refractivity contribution in [1.29, 1.82) is 0 Å². The summed E-state index contributed by atoms with van der Waals surface area (Å²) in [6, 6.07) is 28.5. The molecule has 1 aliphatic rings. The zero-order valence-electron chi connectivity index (χ0n) is 42.5. The number of allylic oxidation sites excluding steroid dienone is 1. The Morgan fingerprint density at radius 3 is 1.59 bits per heavy atom. The average Bonchev–Trinajstić information content (AvgIpc) is 4.18. The molecular formula is C52H60ClN4NaO15. The van der Waals surface area contributed by atoms with Crippen molar-refractivity contribution >= 4 is 41.0 Å². The minimum absolute atomic E-state index is 0. The van der Waals surface area contributed by atoms with Gasteiger partial charge in [0.25, 0.3) is 0 Å². The van der Waals surface area contributed by atoms with Gasteiger partial charge in [0, 0.05) is 36.0 Å². The van der Waals surface area contributed by atoms with Crippen LogP contribution in [-0.2, 0) is 14.3 Å². The third-order valence-electron chi connectivity index (χ3n) is 10.0. The number of halogens is 1. The number of para-hydroxylation sites is 4. The molecule has 3 heterocycles. The number of carbonyl (C=O) groups is 4. The molecule has 21 heteroatoms. The van der Waals surface area contributed by atoms with Gasteiger partial charge in [-0.05, 0) is 96.0 Å². The number of benzene rings is 4. The van der Waals surface area contributed by atoms with E-state index in [4.69, 9.17) is 59.4 Å². The van der Waals surface area contributed by atoms with Crippen molar-refractivity contribution in [1.82, 2.24) is 15.2 Å². The normalized spacial score (nSPS) is 11.3. The molecule has 19 nitrogen and oxygen atoms in total. The molecule has 3 N–H and O–H groups in total. The topological polar surface area (TPSA) is 262 Å². The van der Waals surface area contributed by atoms with Gasteiger partial charge < -0.3 is 58.2 Å². The summed E-state index contributed by atoms with van der Waals surface area (Å²) in [5.41, 5.74) is 4.61. The number of rotatable bonds is 14. The largest absolute Gasteiger partial charge is 1.00 e. The predicted molar refractivity (Wildman–Crippen MR) is 268 cm³/mol. The fourth-order valence-electron chi connectivity index (χ4n) is 6.64. The number of oxime groups is 1. The average molecular weight is 1040 g/mol. The molecule has 73 heavy (non-hydrogen) atoms. The number of methoxy groups -OCH3 is 4. The molecular weight excluding hydrogens is 979 g/mol. The van der Waals surface area contributed by atoms with Crippen LogP contribution in [0.3, 0.4) is 0 Å². The van der Waals surface area contributed by atoms with Crippen LogP contribution in [0.15, 0.2) is 123 Å². The van der Waals surface area contributed by atoms with E-state index in [1.807, 2.05) is 44.2 Å². The Labute approximate surface area is 451 Å². The summed E-state index contributed by atoms with van der Waals surface area (Å²) in [6.07, 6.45) is 4.82. The molecule has 0 atom stereocenters. The van der Waals surface area contributed by atoms with E-state index < -0.39 is 11.9 Å². The number of carbonyl (C=O) groups excluding carboxylic acids is 3. The minimum atomic E-state index is -1.07. The second-order valence-corrected chi connectivity index (χ2v) is 14.9. The fourth-order valence-corrected chi connectivity index (χ4v) is 6.79. The van der Waals surface area contributed by atoms with Crippen LogP contribution in [0.5, 0.6) is 23.0 Å². The second kappa shape index (κ2) is 34.2. The third kappa shape index (κ3) is 19.1. The van der Waals surface area contributed by atoms with Crippen LogP contribution in [0.25, 0.3) is 22.5 Å². The van der Waals surface area contributed by atoms with Crippen molar-refractivity contribution < 1.29 is 102 Å². The van der Waals surface area contributed by atoms with Crippen LogP contribution in [-0.4, -0.2) is 115 Å². The van der Waals surface area contributed by atoms with Crippen molar-refractivity contribution in [3.63, 3.8) is 0 Å². The number of aryl methyl sites for hydroxylation is 2. The number of aromatic carboxylic acids is 1. The smallest absolute Gasteiger partial charge is 0.870 e. The van der Waals surface area contributed by atoms with Crippen molar-refractivity contribution in [2.24, 2.45) is 5.16 Å². The number of ether oxygens (including phenoxy) is 6. The van der Waals surface area contributed by atoms with E-state index >= 15 is 0 Å². The monoisotopic (exact) mass is 1040 g/mol. The first kappa shape index (κ1) is 63.9. The number of carboxylic acid groups (broad SMARTS) is 1. The number of hydrogen-bond donors (Lipinski definition) is 2. The fraction of sp³-hybridized carbons (Fsp3) is 0.288. The third-order valence-corrected chi connectivity index (χ3v) is 10.3. The van der Waals surface area contributed by atoms with E-state index in [2.05, 4.69) is 20.4 Å². The van der Waals surface area contributed by atoms with Crippen LogP contribution >= 0.6 is 11.6 Å². The van der Waals surface area contributed by atoms with Gasteiger partial charge in [0.1, 0.15) is 57.0 Å². The SMILES string of the molecule is CCOC(=O)/C=C(\C)N1CCCC1.CCOC(=O)c1c(-c2ccccc2OC)noc1C.COc1ccccc1-c1noc(C)c1C(=O)O.COc1ccccc1/C(Cl)=N/O.COc1ccccc1C=O.[Na+].[OH-]. The molecule has 6 aromatic rings. The first-order valence-electron chi connectivity index (χ1n) is 22.0. The maximum absolute atomic E-state index is 12.0. The van der Waals surface area contributed by atoms with Gasteiger partial charge in [0.2, 0.25) is 0 Å². The molecule has 4 aromatic carbocycles. The number of carboxylic acids is 1. The molecule has 0 spiro atoms. The van der Waals surface area contributed by atoms with Gasteiger partial charge in [-0.2, -0.15) is 0 Å². The number of hydrogen-bond acceptors (Lipinski definition) is 18. The molecule has 386 valence electrons. The quantitative estimate of drug-likeness (QED) is 0.0209. The number of aromatic nitrogens is 2. The zero-order chi connectivity index (χ0) is 52.3. The van der Waals surface area contributed by atoms with E-state index in [1.165, 1.54) is 27.1 Å². The van der Waals surface area contributed by atoms with Crippen LogP contribution < -0.4 is 48.5 Å². The Balaban J connectivity index is 0.000000461. The number of likely N-dealkylation sites (tertiary alicyclic amines) is 1. The van der Waals surface area contributed by atoms with Crippen molar-refractivity contribution in [2.75, 3.05) is 54.7 Å². The summed E-state index contributed by atoms with van der Waals surface area (Å²) in [5.74, 6) is 1.36. The number of aldehydes is 1. The minimum Gasteiger partial charge on any atom is -0.870 e. The van der Waals surface area contributed by atoms with Gasteiger partial charge in [-0.25, -0.2) is 14.4 Å². The van der Waals surface area contributed by atoms with Crippen LogP contribution in [0, 0.1) is 13.8 Å². The van der Waals surface area contributed by atoms with E-state index in [9.17, 15) is 19.2 Å². The first-order valence-corrected chi connectivity index (χ1v) is 22.4. The molecule has 2 aromatic heterocycles. The molecule has 1 fully saturated rings.